The van der Waals surface area contributed by atoms with Crippen LogP contribution in [0.25, 0.3) is 10.9 Å². The highest BCUT2D eigenvalue weighted by Gasteiger charge is 2.22. The van der Waals surface area contributed by atoms with Crippen molar-refractivity contribution in [2.45, 2.75) is 25.3 Å². The van der Waals surface area contributed by atoms with Crippen molar-refractivity contribution in [3.05, 3.63) is 30.0 Å². The molecule has 2 heterocycles. The molecule has 1 saturated heterocycles. The fraction of sp³-hybridized carbons (Fsp3) is 0.438. The van der Waals surface area contributed by atoms with E-state index in [9.17, 15) is 5.26 Å². The SMILES string of the molecule is CN(c1c(C#N)nnc2ccccc12)C1CCCNCC1. The lowest BCUT2D eigenvalue weighted by atomic mass is 10.1. The van der Waals surface area contributed by atoms with Crippen molar-refractivity contribution >= 4 is 16.6 Å². The van der Waals surface area contributed by atoms with E-state index in [0.717, 1.165) is 48.9 Å². The van der Waals surface area contributed by atoms with Gasteiger partial charge >= 0.3 is 0 Å². The highest BCUT2D eigenvalue weighted by Crippen LogP contribution is 2.30. The summed E-state index contributed by atoms with van der Waals surface area (Å²) in [6.07, 6.45) is 3.37. The summed E-state index contributed by atoms with van der Waals surface area (Å²) in [6.45, 7) is 2.10. The van der Waals surface area contributed by atoms with E-state index in [1.807, 2.05) is 24.3 Å². The topological polar surface area (TPSA) is 64.8 Å². The Labute approximate surface area is 124 Å². The maximum atomic E-state index is 9.39. The highest BCUT2D eigenvalue weighted by molar-refractivity contribution is 5.93. The first kappa shape index (κ1) is 13.8. The van der Waals surface area contributed by atoms with E-state index in [1.165, 1.54) is 0 Å². The summed E-state index contributed by atoms with van der Waals surface area (Å²) in [5.41, 5.74) is 2.16. The number of nitrogens with one attached hydrogen (secondary N) is 1. The molecule has 2 aromatic rings. The largest absolute Gasteiger partial charge is 0.369 e. The number of fused-ring (bicyclic) bond motifs is 1. The third-order valence-electron chi connectivity index (χ3n) is 4.19. The van der Waals surface area contributed by atoms with Crippen LogP contribution in [0.3, 0.4) is 0 Å². The third kappa shape index (κ3) is 2.67. The normalized spacial score (nSPS) is 19.0. The van der Waals surface area contributed by atoms with E-state index < -0.39 is 0 Å². The van der Waals surface area contributed by atoms with Crippen LogP contribution in [-0.2, 0) is 0 Å². The molecule has 1 N–H and O–H groups in total. The van der Waals surface area contributed by atoms with Gasteiger partial charge < -0.3 is 10.2 Å². The molecule has 0 spiro atoms. The van der Waals surface area contributed by atoms with E-state index in [1.54, 1.807) is 0 Å². The Hall–Kier alpha value is -2.19. The zero-order valence-electron chi connectivity index (χ0n) is 12.2. The summed E-state index contributed by atoms with van der Waals surface area (Å²) >= 11 is 0. The van der Waals surface area contributed by atoms with Gasteiger partial charge in [0.1, 0.15) is 6.07 Å². The van der Waals surface area contributed by atoms with E-state index in [0.29, 0.717) is 11.7 Å². The van der Waals surface area contributed by atoms with Gasteiger partial charge in [0.05, 0.1) is 11.2 Å². The number of hydrogen-bond donors (Lipinski definition) is 1. The van der Waals surface area contributed by atoms with Crippen LogP contribution < -0.4 is 10.2 Å². The van der Waals surface area contributed by atoms with Gasteiger partial charge in [0, 0.05) is 18.5 Å². The smallest absolute Gasteiger partial charge is 0.186 e. The molecule has 108 valence electrons. The Kier molecular flexibility index (Phi) is 3.98. The number of aromatic nitrogens is 2. The van der Waals surface area contributed by atoms with Crippen LogP contribution in [0.4, 0.5) is 5.69 Å². The molecule has 0 bridgehead atoms. The zero-order valence-corrected chi connectivity index (χ0v) is 12.2. The lowest BCUT2D eigenvalue weighted by molar-refractivity contribution is 0.566. The van der Waals surface area contributed by atoms with Gasteiger partial charge in [0.25, 0.3) is 0 Å². The molecule has 0 amide bonds. The second-order valence-electron chi connectivity index (χ2n) is 5.47. The average Bonchev–Trinajstić information content (AvgIpc) is 2.82. The van der Waals surface area contributed by atoms with Crippen LogP contribution in [0, 0.1) is 11.3 Å². The van der Waals surface area contributed by atoms with Gasteiger partial charge in [0.2, 0.25) is 0 Å². The first-order valence-electron chi connectivity index (χ1n) is 7.40. The number of nitrogens with zero attached hydrogens (tertiary/aromatic N) is 4. The maximum absolute atomic E-state index is 9.39. The lowest BCUT2D eigenvalue weighted by Crippen LogP contribution is -2.33. The molecule has 5 heteroatoms. The van der Waals surface area contributed by atoms with Gasteiger partial charge in [-0.15, -0.1) is 10.2 Å². The van der Waals surface area contributed by atoms with Crippen molar-refractivity contribution in [2.24, 2.45) is 0 Å². The Morgan fingerprint density at radius 2 is 2.10 bits per heavy atom. The Bertz CT molecular complexity index is 668. The van der Waals surface area contributed by atoms with E-state index in [4.69, 9.17) is 0 Å². The molecule has 1 aromatic heterocycles. The fourth-order valence-electron chi connectivity index (χ4n) is 3.04. The third-order valence-corrected chi connectivity index (χ3v) is 4.19. The molecule has 1 fully saturated rings. The number of benzene rings is 1. The lowest BCUT2D eigenvalue weighted by Gasteiger charge is -2.30. The summed E-state index contributed by atoms with van der Waals surface area (Å²) < 4.78 is 0. The number of nitriles is 1. The highest BCUT2D eigenvalue weighted by atomic mass is 15.2. The second-order valence-corrected chi connectivity index (χ2v) is 5.47. The van der Waals surface area contributed by atoms with Gasteiger partial charge in [-0.1, -0.05) is 18.2 Å². The van der Waals surface area contributed by atoms with Crippen molar-refractivity contribution in [3.8, 4) is 6.07 Å². The summed E-state index contributed by atoms with van der Waals surface area (Å²) in [5, 5.41) is 22.1. The Morgan fingerprint density at radius 1 is 1.24 bits per heavy atom. The molecule has 1 aromatic carbocycles. The van der Waals surface area contributed by atoms with Crippen molar-refractivity contribution in [1.29, 1.82) is 5.26 Å². The van der Waals surface area contributed by atoms with Gasteiger partial charge in [0.15, 0.2) is 5.69 Å². The van der Waals surface area contributed by atoms with E-state index in [-0.39, 0.29) is 0 Å². The molecule has 0 saturated carbocycles. The van der Waals surface area contributed by atoms with Crippen LogP contribution in [0.1, 0.15) is 25.0 Å². The number of hydrogen-bond acceptors (Lipinski definition) is 5. The summed E-state index contributed by atoms with van der Waals surface area (Å²) in [6, 6.07) is 10.5. The fourth-order valence-corrected chi connectivity index (χ4v) is 3.04. The molecule has 5 nitrogen and oxygen atoms in total. The first-order valence-corrected chi connectivity index (χ1v) is 7.40. The number of anilines is 1. The molecule has 1 aliphatic heterocycles. The van der Waals surface area contributed by atoms with E-state index >= 15 is 0 Å². The van der Waals surface area contributed by atoms with Crippen molar-refractivity contribution in [1.82, 2.24) is 15.5 Å². The van der Waals surface area contributed by atoms with Gasteiger partial charge in [-0.3, -0.25) is 0 Å². The minimum absolute atomic E-state index is 0.411. The molecule has 1 unspecified atom stereocenters. The molecule has 1 aliphatic rings. The van der Waals surface area contributed by atoms with Gasteiger partial charge in [-0.2, -0.15) is 5.26 Å². The summed E-state index contributed by atoms with van der Waals surface area (Å²) in [5.74, 6) is 0. The Balaban J connectivity index is 2.07. The van der Waals surface area contributed by atoms with Gasteiger partial charge in [-0.25, -0.2) is 0 Å². The zero-order chi connectivity index (χ0) is 14.7. The predicted molar refractivity (Wildman–Crippen MR) is 83.2 cm³/mol. The molecular weight excluding hydrogens is 262 g/mol. The van der Waals surface area contributed by atoms with Crippen molar-refractivity contribution < 1.29 is 0 Å². The maximum Gasteiger partial charge on any atom is 0.186 e. The summed E-state index contributed by atoms with van der Waals surface area (Å²) in [4.78, 5) is 2.22. The molecule has 0 aliphatic carbocycles. The van der Waals surface area contributed by atoms with Crippen LogP contribution in [-0.4, -0.2) is 36.4 Å². The first-order chi connectivity index (χ1) is 10.3. The van der Waals surface area contributed by atoms with Crippen LogP contribution in [0.15, 0.2) is 24.3 Å². The molecule has 21 heavy (non-hydrogen) atoms. The Morgan fingerprint density at radius 3 is 2.95 bits per heavy atom. The van der Waals surface area contributed by atoms with Crippen LogP contribution in [0.5, 0.6) is 0 Å². The van der Waals surface area contributed by atoms with E-state index in [2.05, 4.69) is 33.5 Å². The second kappa shape index (κ2) is 6.06. The number of rotatable bonds is 2. The minimum Gasteiger partial charge on any atom is -0.369 e. The summed E-state index contributed by atoms with van der Waals surface area (Å²) in [7, 11) is 2.07. The minimum atomic E-state index is 0.411. The standard InChI is InChI=1S/C16H19N5/c1-21(12-5-4-9-18-10-8-12)16-13-6-2-3-7-14(13)19-20-15(16)11-17/h2-3,6-7,12,18H,4-5,8-10H2,1H3. The molecule has 3 rings (SSSR count). The predicted octanol–water partition coefficient (Wildman–Crippen LogP) is 2.08. The van der Waals surface area contributed by atoms with Gasteiger partial charge in [-0.05, 0) is 38.4 Å². The quantitative estimate of drug-likeness (QED) is 0.913. The monoisotopic (exact) mass is 281 g/mol. The van der Waals surface area contributed by atoms with Crippen molar-refractivity contribution in [2.75, 3.05) is 25.0 Å². The van der Waals surface area contributed by atoms with Crippen molar-refractivity contribution in [3.63, 3.8) is 0 Å². The average molecular weight is 281 g/mol. The van der Waals surface area contributed by atoms with Crippen LogP contribution >= 0.6 is 0 Å². The molecular formula is C16H19N5. The molecule has 0 radical (unpaired) electrons. The van der Waals surface area contributed by atoms with Crippen LogP contribution in [0.2, 0.25) is 0 Å². The molecule has 1 atom stereocenters.